The van der Waals surface area contributed by atoms with Crippen molar-refractivity contribution >= 4 is 11.9 Å². The van der Waals surface area contributed by atoms with E-state index in [1.165, 1.54) is 128 Å². The summed E-state index contributed by atoms with van der Waals surface area (Å²) < 4.78 is 16.6. The van der Waals surface area contributed by atoms with Crippen LogP contribution in [-0.4, -0.2) is 100 Å². The Morgan fingerprint density at radius 2 is 1.00 bits per heavy atom. The molecule has 0 spiro atoms. The van der Waals surface area contributed by atoms with Crippen molar-refractivity contribution in [1.82, 2.24) is 5.32 Å². The first kappa shape index (κ1) is 60.9. The number of carbonyl (C=O) groups excluding carboxylic acids is 2. The summed E-state index contributed by atoms with van der Waals surface area (Å²) in [5.74, 6) is -0.259. The van der Waals surface area contributed by atoms with Crippen LogP contribution in [0.3, 0.4) is 0 Å². The zero-order chi connectivity index (χ0) is 47.4. The van der Waals surface area contributed by atoms with Crippen LogP contribution in [0.2, 0.25) is 0 Å². The van der Waals surface area contributed by atoms with Crippen LogP contribution in [0.15, 0.2) is 36.5 Å². The fourth-order valence-electron chi connectivity index (χ4n) is 8.15. The maximum absolute atomic E-state index is 13.0. The molecule has 7 unspecified atom stereocenters. The molecule has 1 rings (SSSR count). The van der Waals surface area contributed by atoms with E-state index in [9.17, 15) is 35.1 Å². The molecule has 7 atom stereocenters. The largest absolute Gasteiger partial charge is 0.466 e. The number of hydrogen-bond donors (Lipinski definition) is 6. The van der Waals surface area contributed by atoms with Gasteiger partial charge in [-0.15, -0.1) is 0 Å². The van der Waals surface area contributed by atoms with E-state index in [4.69, 9.17) is 14.2 Å². The zero-order valence-corrected chi connectivity index (χ0v) is 41.4. The number of rotatable bonds is 45. The highest BCUT2D eigenvalue weighted by molar-refractivity contribution is 5.76. The van der Waals surface area contributed by atoms with Crippen LogP contribution < -0.4 is 5.32 Å². The number of unbranched alkanes of at least 4 members (excludes halogenated alkanes) is 27. The van der Waals surface area contributed by atoms with Crippen molar-refractivity contribution in [3.8, 4) is 0 Å². The summed E-state index contributed by atoms with van der Waals surface area (Å²) in [6.07, 6.45) is 42.2. The number of ether oxygens (including phenoxy) is 3. The Bertz CT molecular complexity index is 1180. The number of aliphatic hydroxyl groups is 5. The molecular formula is C54H99NO10. The fourth-order valence-corrected chi connectivity index (χ4v) is 8.15. The third-order valence-electron chi connectivity index (χ3n) is 12.5. The first-order valence-electron chi connectivity index (χ1n) is 26.8. The topological polar surface area (TPSA) is 175 Å². The lowest BCUT2D eigenvalue weighted by Crippen LogP contribution is -2.60. The quantitative estimate of drug-likeness (QED) is 0.0196. The first-order chi connectivity index (χ1) is 31.7. The predicted octanol–water partition coefficient (Wildman–Crippen LogP) is 11.2. The molecule has 11 nitrogen and oxygen atoms in total. The van der Waals surface area contributed by atoms with Crippen molar-refractivity contribution in [3.05, 3.63) is 36.5 Å². The predicted molar refractivity (Wildman–Crippen MR) is 264 cm³/mol. The lowest BCUT2D eigenvalue weighted by Gasteiger charge is -2.40. The summed E-state index contributed by atoms with van der Waals surface area (Å²) in [7, 11) is 0. The van der Waals surface area contributed by atoms with E-state index in [2.05, 4.69) is 43.5 Å². The normalized spacial score (nSPS) is 20.0. The van der Waals surface area contributed by atoms with Gasteiger partial charge in [-0.25, -0.2) is 0 Å². The molecule has 6 N–H and O–H groups in total. The minimum Gasteiger partial charge on any atom is -0.466 e. The highest BCUT2D eigenvalue weighted by Crippen LogP contribution is 2.23. The monoisotopic (exact) mass is 922 g/mol. The summed E-state index contributed by atoms with van der Waals surface area (Å²) in [5, 5.41) is 54.2. The Kier molecular flexibility index (Phi) is 41.6. The first-order valence-corrected chi connectivity index (χ1v) is 26.8. The van der Waals surface area contributed by atoms with E-state index >= 15 is 0 Å². The van der Waals surface area contributed by atoms with Crippen LogP contribution in [0.25, 0.3) is 0 Å². The van der Waals surface area contributed by atoms with Crippen LogP contribution in [0.1, 0.15) is 232 Å². The Morgan fingerprint density at radius 1 is 0.554 bits per heavy atom. The van der Waals surface area contributed by atoms with Crippen molar-refractivity contribution in [2.45, 2.75) is 275 Å². The van der Waals surface area contributed by atoms with Gasteiger partial charge >= 0.3 is 5.97 Å². The molecule has 11 heteroatoms. The Morgan fingerprint density at radius 3 is 1.54 bits per heavy atom. The van der Waals surface area contributed by atoms with Gasteiger partial charge in [0.05, 0.1) is 32.0 Å². The number of aliphatic hydroxyl groups excluding tert-OH is 5. The third-order valence-corrected chi connectivity index (χ3v) is 12.5. The molecule has 0 aromatic rings. The molecule has 1 heterocycles. The second-order valence-electron chi connectivity index (χ2n) is 18.6. The lowest BCUT2D eigenvalue weighted by atomic mass is 9.99. The molecule has 0 aromatic heterocycles. The minimum absolute atomic E-state index is 0.0367. The van der Waals surface area contributed by atoms with E-state index in [1.54, 1.807) is 6.08 Å². The van der Waals surface area contributed by atoms with Gasteiger partial charge in [-0.05, 0) is 70.6 Å². The van der Waals surface area contributed by atoms with Crippen LogP contribution in [0.5, 0.6) is 0 Å². The molecule has 0 radical (unpaired) electrons. The van der Waals surface area contributed by atoms with Gasteiger partial charge in [0.2, 0.25) is 5.91 Å². The number of hydrogen-bond acceptors (Lipinski definition) is 10. The fraction of sp³-hybridized carbons (Fsp3) is 0.852. The van der Waals surface area contributed by atoms with Crippen molar-refractivity contribution in [2.24, 2.45) is 0 Å². The van der Waals surface area contributed by atoms with Crippen LogP contribution in [-0.2, 0) is 23.8 Å². The summed E-state index contributed by atoms with van der Waals surface area (Å²) >= 11 is 0. The highest BCUT2D eigenvalue weighted by atomic mass is 16.7. The van der Waals surface area contributed by atoms with E-state index in [1.807, 2.05) is 6.08 Å². The number of amides is 1. The number of allylic oxidation sites excluding steroid dienone is 5. The van der Waals surface area contributed by atoms with E-state index in [0.29, 0.717) is 25.9 Å². The summed E-state index contributed by atoms with van der Waals surface area (Å²) in [4.78, 5) is 25.0. The third kappa shape index (κ3) is 34.8. The number of esters is 1. The number of carbonyl (C=O) groups is 2. The molecule has 1 aliphatic heterocycles. The van der Waals surface area contributed by atoms with Crippen LogP contribution in [0, 0.1) is 0 Å². The van der Waals surface area contributed by atoms with Gasteiger partial charge in [-0.3, -0.25) is 9.59 Å². The average Bonchev–Trinajstić information content (AvgIpc) is 3.30. The summed E-state index contributed by atoms with van der Waals surface area (Å²) in [6, 6.07) is -0.847. The smallest absolute Gasteiger partial charge is 0.305 e. The molecule has 1 aliphatic rings. The van der Waals surface area contributed by atoms with Gasteiger partial charge in [-0.1, -0.05) is 185 Å². The summed E-state index contributed by atoms with van der Waals surface area (Å²) in [6.45, 7) is 4.24. The standard InChI is InChI=1S/C54H99NO10/c1-3-5-7-9-11-13-15-17-21-24-28-32-36-40-47(57)46(45-64-54-53(62)52(61)51(60)48(44-56)65-54)55-49(58)41-37-33-29-25-22-18-16-19-23-27-31-35-39-43-63-50(59)42-38-34-30-26-20-14-12-10-8-6-4-2/h18,21-22,24,36,40,46-48,51-54,56-57,60-62H,3-17,19-20,23,25-35,37-39,41-45H2,1-2H3,(H,55,58)/b22-18-,24-21+,40-36+. The highest BCUT2D eigenvalue weighted by Gasteiger charge is 2.44. The number of nitrogens with one attached hydrogen (secondary N) is 1. The van der Waals surface area contributed by atoms with Crippen molar-refractivity contribution in [2.75, 3.05) is 19.8 Å². The molecule has 0 saturated carbocycles. The molecular weight excluding hydrogens is 823 g/mol. The van der Waals surface area contributed by atoms with E-state index in [-0.39, 0.29) is 18.5 Å². The molecule has 0 aliphatic carbocycles. The average molecular weight is 922 g/mol. The Labute approximate surface area is 396 Å². The van der Waals surface area contributed by atoms with Crippen LogP contribution in [0.4, 0.5) is 0 Å². The molecule has 1 saturated heterocycles. The molecule has 380 valence electrons. The minimum atomic E-state index is -1.59. The van der Waals surface area contributed by atoms with Crippen LogP contribution >= 0.6 is 0 Å². The Hall–Kier alpha value is -2.12. The lowest BCUT2D eigenvalue weighted by molar-refractivity contribution is -0.302. The maximum atomic E-state index is 13.0. The van der Waals surface area contributed by atoms with Gasteiger partial charge in [0.15, 0.2) is 6.29 Å². The Balaban J connectivity index is 2.22. The van der Waals surface area contributed by atoms with Crippen molar-refractivity contribution in [3.63, 3.8) is 0 Å². The summed E-state index contributed by atoms with van der Waals surface area (Å²) in [5.41, 5.74) is 0. The molecule has 65 heavy (non-hydrogen) atoms. The van der Waals surface area contributed by atoms with Gasteiger partial charge in [0, 0.05) is 12.8 Å². The second kappa shape index (κ2) is 44.4. The van der Waals surface area contributed by atoms with Gasteiger partial charge in [0.1, 0.15) is 24.4 Å². The van der Waals surface area contributed by atoms with Gasteiger partial charge in [0.25, 0.3) is 0 Å². The van der Waals surface area contributed by atoms with Crippen molar-refractivity contribution in [1.29, 1.82) is 0 Å². The van der Waals surface area contributed by atoms with E-state index < -0.39 is 49.5 Å². The molecule has 0 bridgehead atoms. The second-order valence-corrected chi connectivity index (χ2v) is 18.6. The maximum Gasteiger partial charge on any atom is 0.305 e. The molecule has 1 fully saturated rings. The zero-order valence-electron chi connectivity index (χ0n) is 41.4. The van der Waals surface area contributed by atoms with Gasteiger partial charge in [-0.2, -0.15) is 0 Å². The molecule has 1 amide bonds. The van der Waals surface area contributed by atoms with Crippen molar-refractivity contribution < 1.29 is 49.3 Å². The van der Waals surface area contributed by atoms with Gasteiger partial charge < -0.3 is 45.1 Å². The molecule has 0 aromatic carbocycles. The SMILES string of the molecule is CCCCCCCCC/C=C/CC/C=C/C(O)C(COC1OC(CO)C(O)C(O)C1O)NC(=O)CCCCC/C=C\CCCCCCCCOC(=O)CCCCCCCCCCCCC. The van der Waals surface area contributed by atoms with E-state index in [0.717, 1.165) is 70.6 Å².